The standard InChI is InChI=1S/C19H32O8S2/c1-18-7-3-4-14(18)17-15(6-8-18)19(2)9-5-13(26-28(20,21)22)10-12(19)11-16(17)27-29(23,24)25/h12-17H,3-11H2,1-2H3,(H,20,21,22)(H,23,24,25)/t12-,13+,14+,15+,16-,17+,18+,19+/m1/s1. The molecule has 0 heterocycles. The molecule has 0 aromatic carbocycles. The van der Waals surface area contributed by atoms with Crippen molar-refractivity contribution >= 4 is 20.8 Å². The molecule has 4 saturated carbocycles. The molecule has 0 aromatic rings. The molecule has 0 spiro atoms. The normalized spacial score (nSPS) is 47.9. The summed E-state index contributed by atoms with van der Waals surface area (Å²) in [5.41, 5.74) is 0.128. The zero-order valence-corrected chi connectivity index (χ0v) is 18.6. The van der Waals surface area contributed by atoms with E-state index < -0.39 is 33.0 Å². The Hall–Kier alpha value is -0.260. The van der Waals surface area contributed by atoms with Crippen LogP contribution in [0.15, 0.2) is 0 Å². The molecule has 4 aliphatic rings. The molecule has 0 saturated heterocycles. The summed E-state index contributed by atoms with van der Waals surface area (Å²) in [5, 5.41) is 0. The first-order valence-corrected chi connectivity index (χ1v) is 13.4. The fourth-order valence-electron chi connectivity index (χ4n) is 7.66. The second kappa shape index (κ2) is 7.13. The van der Waals surface area contributed by atoms with E-state index in [9.17, 15) is 21.4 Å². The lowest BCUT2D eigenvalue weighted by atomic mass is 9.44. The Balaban J connectivity index is 1.66. The van der Waals surface area contributed by atoms with Crippen molar-refractivity contribution in [2.75, 3.05) is 0 Å². The van der Waals surface area contributed by atoms with Gasteiger partial charge < -0.3 is 0 Å². The maximum atomic E-state index is 11.6. The van der Waals surface area contributed by atoms with Gasteiger partial charge in [-0.2, -0.15) is 16.8 Å². The molecule has 8 atom stereocenters. The van der Waals surface area contributed by atoms with Crippen molar-refractivity contribution < 1.29 is 34.3 Å². The highest BCUT2D eigenvalue weighted by atomic mass is 32.3. The van der Waals surface area contributed by atoms with Crippen molar-refractivity contribution in [3.05, 3.63) is 0 Å². The van der Waals surface area contributed by atoms with E-state index in [2.05, 4.69) is 13.8 Å². The van der Waals surface area contributed by atoms with E-state index in [-0.39, 0.29) is 28.6 Å². The van der Waals surface area contributed by atoms with Crippen LogP contribution in [0.3, 0.4) is 0 Å². The molecule has 0 radical (unpaired) electrons. The van der Waals surface area contributed by atoms with E-state index in [0.717, 1.165) is 38.5 Å². The Morgan fingerprint density at radius 2 is 1.52 bits per heavy atom. The molecule has 0 aromatic heterocycles. The van der Waals surface area contributed by atoms with Crippen molar-refractivity contribution in [3.63, 3.8) is 0 Å². The second-order valence-electron chi connectivity index (χ2n) is 10.3. The smallest absolute Gasteiger partial charge is 0.264 e. The van der Waals surface area contributed by atoms with Crippen LogP contribution in [-0.2, 0) is 29.2 Å². The molecular formula is C19H32O8S2. The average molecular weight is 453 g/mol. The van der Waals surface area contributed by atoms with Gasteiger partial charge in [-0.25, -0.2) is 8.37 Å². The SMILES string of the molecule is C[C@@]12CCC[C@H]1[C@@H]1[C@H](OS(=O)(=O)O)C[C@H]3C[C@@H](OS(=O)(=O)O)CC[C@]3(C)[C@H]1CC2. The van der Waals surface area contributed by atoms with Crippen LogP contribution in [0.5, 0.6) is 0 Å². The van der Waals surface area contributed by atoms with Crippen LogP contribution in [0.1, 0.15) is 71.6 Å². The molecule has 0 aliphatic heterocycles. The van der Waals surface area contributed by atoms with Crippen LogP contribution in [-0.4, -0.2) is 38.1 Å². The highest BCUT2D eigenvalue weighted by Gasteiger charge is 2.61. The largest absolute Gasteiger partial charge is 0.397 e. The van der Waals surface area contributed by atoms with Crippen molar-refractivity contribution in [1.29, 1.82) is 0 Å². The minimum Gasteiger partial charge on any atom is -0.264 e. The predicted octanol–water partition coefficient (Wildman–Crippen LogP) is 3.41. The zero-order valence-electron chi connectivity index (χ0n) is 17.0. The van der Waals surface area contributed by atoms with Gasteiger partial charge in [0.2, 0.25) is 0 Å². The van der Waals surface area contributed by atoms with Gasteiger partial charge in [0.25, 0.3) is 0 Å². The van der Waals surface area contributed by atoms with E-state index in [4.69, 9.17) is 12.9 Å². The van der Waals surface area contributed by atoms with E-state index in [1.807, 2.05) is 0 Å². The van der Waals surface area contributed by atoms with E-state index in [0.29, 0.717) is 25.2 Å². The van der Waals surface area contributed by atoms with Gasteiger partial charge in [-0.1, -0.05) is 20.3 Å². The Morgan fingerprint density at radius 3 is 2.17 bits per heavy atom. The summed E-state index contributed by atoms with van der Waals surface area (Å²) >= 11 is 0. The Bertz CT molecular complexity index is 855. The summed E-state index contributed by atoms with van der Waals surface area (Å²) in [6.45, 7) is 4.54. The van der Waals surface area contributed by atoms with Gasteiger partial charge >= 0.3 is 20.8 Å². The molecule has 168 valence electrons. The van der Waals surface area contributed by atoms with Gasteiger partial charge in [-0.3, -0.25) is 9.11 Å². The maximum absolute atomic E-state index is 11.6. The van der Waals surface area contributed by atoms with Crippen LogP contribution >= 0.6 is 0 Å². The molecule has 0 amide bonds. The van der Waals surface area contributed by atoms with E-state index in [1.165, 1.54) is 0 Å². The minimum absolute atomic E-state index is 0.00163. The second-order valence-corrected chi connectivity index (χ2v) is 12.4. The Morgan fingerprint density at radius 1 is 0.828 bits per heavy atom. The molecule has 4 fully saturated rings. The van der Waals surface area contributed by atoms with Crippen LogP contribution in [0.4, 0.5) is 0 Å². The number of hydrogen-bond donors (Lipinski definition) is 2. The van der Waals surface area contributed by atoms with Gasteiger partial charge in [-0.05, 0) is 85.9 Å². The summed E-state index contributed by atoms with van der Waals surface area (Å²) < 4.78 is 74.2. The molecule has 29 heavy (non-hydrogen) atoms. The third-order valence-electron chi connectivity index (χ3n) is 8.89. The fraction of sp³-hybridized carbons (Fsp3) is 1.00. The van der Waals surface area contributed by atoms with Crippen LogP contribution in [0, 0.1) is 34.5 Å². The van der Waals surface area contributed by atoms with Crippen molar-refractivity contribution in [3.8, 4) is 0 Å². The minimum atomic E-state index is -4.59. The molecule has 0 unspecified atom stereocenters. The van der Waals surface area contributed by atoms with Gasteiger partial charge in [0.15, 0.2) is 0 Å². The van der Waals surface area contributed by atoms with E-state index in [1.54, 1.807) is 0 Å². The van der Waals surface area contributed by atoms with Crippen molar-refractivity contribution in [2.45, 2.75) is 83.8 Å². The third kappa shape index (κ3) is 4.13. The molecular weight excluding hydrogens is 420 g/mol. The molecule has 2 N–H and O–H groups in total. The molecule has 0 bridgehead atoms. The zero-order chi connectivity index (χ0) is 21.2. The lowest BCUT2D eigenvalue weighted by molar-refractivity contribution is -0.160. The summed E-state index contributed by atoms with van der Waals surface area (Å²) in [4.78, 5) is 0. The fourth-order valence-corrected chi connectivity index (χ4v) is 8.70. The first kappa shape index (κ1) is 22.0. The van der Waals surface area contributed by atoms with Gasteiger partial charge in [0.1, 0.15) is 0 Å². The third-order valence-corrected chi connectivity index (χ3v) is 9.90. The first-order valence-electron chi connectivity index (χ1n) is 10.6. The van der Waals surface area contributed by atoms with Crippen LogP contribution in [0.2, 0.25) is 0 Å². The van der Waals surface area contributed by atoms with Gasteiger partial charge in [0, 0.05) is 0 Å². The summed E-state index contributed by atoms with van der Waals surface area (Å²) in [6, 6.07) is 0. The monoisotopic (exact) mass is 452 g/mol. The molecule has 8 nitrogen and oxygen atoms in total. The van der Waals surface area contributed by atoms with Gasteiger partial charge in [-0.15, -0.1) is 0 Å². The summed E-state index contributed by atoms with van der Waals surface area (Å²) in [6.07, 6.45) is 6.36. The average Bonchev–Trinajstić information content (AvgIpc) is 2.95. The summed E-state index contributed by atoms with van der Waals surface area (Å²) in [5.74, 6) is 0.702. The topological polar surface area (TPSA) is 127 Å². The Labute approximate surface area is 173 Å². The summed E-state index contributed by atoms with van der Waals surface area (Å²) in [7, 11) is -9.12. The van der Waals surface area contributed by atoms with Crippen LogP contribution in [0.25, 0.3) is 0 Å². The number of hydrogen-bond acceptors (Lipinski definition) is 6. The highest BCUT2D eigenvalue weighted by Crippen LogP contribution is 2.66. The number of fused-ring (bicyclic) bond motifs is 5. The Kier molecular flexibility index (Phi) is 5.40. The van der Waals surface area contributed by atoms with Crippen molar-refractivity contribution in [1.82, 2.24) is 0 Å². The lowest BCUT2D eigenvalue weighted by Gasteiger charge is -2.62. The quantitative estimate of drug-likeness (QED) is 0.621. The molecule has 10 heteroatoms. The lowest BCUT2D eigenvalue weighted by Crippen LogP contribution is -2.58. The van der Waals surface area contributed by atoms with Crippen LogP contribution < -0.4 is 0 Å². The first-order chi connectivity index (χ1) is 13.3. The molecule has 4 rings (SSSR count). The predicted molar refractivity (Wildman–Crippen MR) is 105 cm³/mol. The maximum Gasteiger partial charge on any atom is 0.397 e. The van der Waals surface area contributed by atoms with Gasteiger partial charge in [0.05, 0.1) is 12.2 Å². The van der Waals surface area contributed by atoms with Crippen molar-refractivity contribution in [2.24, 2.45) is 34.5 Å². The highest BCUT2D eigenvalue weighted by molar-refractivity contribution is 7.81. The molecule has 4 aliphatic carbocycles. The number of rotatable bonds is 4. The van der Waals surface area contributed by atoms with E-state index >= 15 is 0 Å².